The molecule has 0 saturated carbocycles. The molecule has 130 valence electrons. The van der Waals surface area contributed by atoms with Gasteiger partial charge in [-0.15, -0.1) is 11.3 Å². The Kier molecular flexibility index (Phi) is 4.26. The lowest BCUT2D eigenvalue weighted by Gasteiger charge is -2.01. The standard InChI is InChI=1S/C20H15FN2O2S/c1-12-3-2-4-17-18(12)16(11-25-17)19(24)23-20-22-10-15(26-20)9-13-5-7-14(21)8-6-13/h2-8,10-11H,9H2,1H3,(H,22,23,24). The van der Waals surface area contributed by atoms with Crippen LogP contribution in [0.3, 0.4) is 0 Å². The number of nitrogens with zero attached hydrogens (tertiary/aromatic N) is 1. The number of hydrogen-bond donors (Lipinski definition) is 1. The number of carbonyl (C=O) groups is 1. The van der Waals surface area contributed by atoms with Crippen molar-refractivity contribution >= 4 is 33.3 Å². The molecule has 4 nitrogen and oxygen atoms in total. The third-order valence-corrected chi connectivity index (χ3v) is 5.03. The molecule has 0 atom stereocenters. The molecule has 0 aliphatic rings. The number of furan rings is 1. The minimum Gasteiger partial charge on any atom is -0.463 e. The molecule has 4 aromatic rings. The highest BCUT2D eigenvalue weighted by atomic mass is 32.1. The Morgan fingerprint density at radius 2 is 2.04 bits per heavy atom. The molecule has 0 aliphatic carbocycles. The van der Waals surface area contributed by atoms with Crippen molar-refractivity contribution in [3.8, 4) is 0 Å². The summed E-state index contributed by atoms with van der Waals surface area (Å²) in [5, 5.41) is 4.16. The van der Waals surface area contributed by atoms with Crippen LogP contribution < -0.4 is 5.32 Å². The lowest BCUT2D eigenvalue weighted by molar-refractivity contribution is 0.102. The lowest BCUT2D eigenvalue weighted by atomic mass is 10.1. The lowest BCUT2D eigenvalue weighted by Crippen LogP contribution is -2.11. The van der Waals surface area contributed by atoms with Crippen molar-refractivity contribution in [2.75, 3.05) is 5.32 Å². The van der Waals surface area contributed by atoms with Crippen LogP contribution in [0.4, 0.5) is 9.52 Å². The summed E-state index contributed by atoms with van der Waals surface area (Å²) in [4.78, 5) is 17.9. The zero-order valence-corrected chi connectivity index (χ0v) is 14.8. The summed E-state index contributed by atoms with van der Waals surface area (Å²) in [5.41, 5.74) is 3.15. The van der Waals surface area contributed by atoms with E-state index in [1.54, 1.807) is 18.3 Å². The fourth-order valence-electron chi connectivity index (χ4n) is 2.85. The van der Waals surface area contributed by atoms with Gasteiger partial charge in [0.25, 0.3) is 5.91 Å². The van der Waals surface area contributed by atoms with Gasteiger partial charge in [-0.05, 0) is 36.2 Å². The number of aromatic nitrogens is 1. The molecular weight excluding hydrogens is 351 g/mol. The molecule has 2 heterocycles. The maximum absolute atomic E-state index is 13.0. The highest BCUT2D eigenvalue weighted by Crippen LogP contribution is 2.27. The SMILES string of the molecule is Cc1cccc2occ(C(=O)Nc3ncc(Cc4ccc(F)cc4)s3)c12. The average molecular weight is 366 g/mol. The van der Waals surface area contributed by atoms with Crippen LogP contribution in [0.25, 0.3) is 11.0 Å². The Bertz CT molecular complexity index is 1080. The van der Waals surface area contributed by atoms with Gasteiger partial charge in [0.2, 0.25) is 0 Å². The van der Waals surface area contributed by atoms with Crippen LogP contribution in [0.15, 0.2) is 59.3 Å². The summed E-state index contributed by atoms with van der Waals surface area (Å²) in [5.74, 6) is -0.505. The smallest absolute Gasteiger partial charge is 0.261 e. The third kappa shape index (κ3) is 3.23. The van der Waals surface area contributed by atoms with Crippen molar-refractivity contribution in [2.24, 2.45) is 0 Å². The van der Waals surface area contributed by atoms with Gasteiger partial charge in [0, 0.05) is 22.9 Å². The van der Waals surface area contributed by atoms with Crippen LogP contribution in [-0.4, -0.2) is 10.9 Å². The van der Waals surface area contributed by atoms with Gasteiger partial charge in [0.15, 0.2) is 5.13 Å². The van der Waals surface area contributed by atoms with E-state index in [0.29, 0.717) is 22.7 Å². The summed E-state index contributed by atoms with van der Waals surface area (Å²) >= 11 is 1.40. The van der Waals surface area contributed by atoms with E-state index in [9.17, 15) is 9.18 Å². The number of benzene rings is 2. The van der Waals surface area contributed by atoms with Gasteiger partial charge in [0.05, 0.1) is 5.56 Å². The van der Waals surface area contributed by atoms with E-state index >= 15 is 0 Å². The molecule has 4 rings (SSSR count). The minimum absolute atomic E-state index is 0.249. The van der Waals surface area contributed by atoms with Crippen LogP contribution in [0.5, 0.6) is 0 Å². The fraction of sp³-hybridized carbons (Fsp3) is 0.100. The van der Waals surface area contributed by atoms with Crippen molar-refractivity contribution in [2.45, 2.75) is 13.3 Å². The summed E-state index contributed by atoms with van der Waals surface area (Å²) in [6.45, 7) is 1.94. The van der Waals surface area contributed by atoms with Crippen molar-refractivity contribution in [1.82, 2.24) is 4.98 Å². The van der Waals surface area contributed by atoms with Crippen LogP contribution in [0, 0.1) is 12.7 Å². The number of fused-ring (bicyclic) bond motifs is 1. The summed E-state index contributed by atoms with van der Waals surface area (Å²) in [7, 11) is 0. The van der Waals surface area contributed by atoms with E-state index in [2.05, 4.69) is 10.3 Å². The molecule has 6 heteroatoms. The largest absolute Gasteiger partial charge is 0.463 e. The molecule has 2 aromatic heterocycles. The van der Waals surface area contributed by atoms with Gasteiger partial charge < -0.3 is 4.42 Å². The van der Waals surface area contributed by atoms with Gasteiger partial charge in [-0.25, -0.2) is 9.37 Å². The van der Waals surface area contributed by atoms with Crippen LogP contribution >= 0.6 is 11.3 Å². The van der Waals surface area contributed by atoms with E-state index in [1.807, 2.05) is 25.1 Å². The average Bonchev–Trinajstić information content (AvgIpc) is 3.24. The van der Waals surface area contributed by atoms with E-state index in [4.69, 9.17) is 4.42 Å². The molecule has 0 spiro atoms. The number of amides is 1. The molecule has 0 aliphatic heterocycles. The number of aryl methyl sites for hydroxylation is 1. The predicted molar refractivity (Wildman–Crippen MR) is 100 cm³/mol. The Balaban J connectivity index is 1.51. The first-order valence-electron chi connectivity index (χ1n) is 8.07. The molecule has 1 N–H and O–H groups in total. The quantitative estimate of drug-likeness (QED) is 0.541. The number of halogens is 1. The van der Waals surface area contributed by atoms with Crippen LogP contribution in [0.1, 0.15) is 26.4 Å². The van der Waals surface area contributed by atoms with Crippen molar-refractivity contribution < 1.29 is 13.6 Å². The summed E-state index contributed by atoms with van der Waals surface area (Å²) in [6, 6.07) is 12.0. The zero-order chi connectivity index (χ0) is 18.1. The maximum atomic E-state index is 13.0. The highest BCUT2D eigenvalue weighted by molar-refractivity contribution is 7.15. The number of anilines is 1. The van der Waals surface area contributed by atoms with Crippen LogP contribution in [-0.2, 0) is 6.42 Å². The zero-order valence-electron chi connectivity index (χ0n) is 14.0. The van der Waals surface area contributed by atoms with E-state index in [-0.39, 0.29) is 11.7 Å². The normalized spacial score (nSPS) is 11.0. The Hall–Kier alpha value is -2.99. The van der Waals surface area contributed by atoms with Gasteiger partial charge in [-0.2, -0.15) is 0 Å². The molecule has 0 fully saturated rings. The Morgan fingerprint density at radius 3 is 2.85 bits per heavy atom. The van der Waals surface area contributed by atoms with Gasteiger partial charge in [0.1, 0.15) is 17.7 Å². The predicted octanol–water partition coefficient (Wildman–Crippen LogP) is 5.18. The van der Waals surface area contributed by atoms with Gasteiger partial charge in [-0.1, -0.05) is 24.3 Å². The first-order valence-corrected chi connectivity index (χ1v) is 8.89. The van der Waals surface area contributed by atoms with Gasteiger partial charge in [-0.3, -0.25) is 10.1 Å². The first kappa shape index (κ1) is 16.5. The van der Waals surface area contributed by atoms with Gasteiger partial charge >= 0.3 is 0 Å². The first-order chi connectivity index (χ1) is 12.6. The molecule has 26 heavy (non-hydrogen) atoms. The van der Waals surface area contributed by atoms with Crippen molar-refractivity contribution in [3.63, 3.8) is 0 Å². The Labute approximate surface area is 153 Å². The molecule has 0 radical (unpaired) electrons. The van der Waals surface area contributed by atoms with E-state index in [1.165, 1.54) is 29.7 Å². The molecule has 1 amide bonds. The summed E-state index contributed by atoms with van der Waals surface area (Å²) in [6.07, 6.45) is 3.84. The molecular formula is C20H15FN2O2S. The number of thiazole rings is 1. The number of nitrogens with one attached hydrogen (secondary N) is 1. The second-order valence-corrected chi connectivity index (χ2v) is 7.10. The van der Waals surface area contributed by atoms with E-state index < -0.39 is 0 Å². The second kappa shape index (κ2) is 6.72. The van der Waals surface area contributed by atoms with E-state index in [0.717, 1.165) is 21.4 Å². The third-order valence-electron chi connectivity index (χ3n) is 4.12. The van der Waals surface area contributed by atoms with Crippen molar-refractivity contribution in [1.29, 1.82) is 0 Å². The number of hydrogen-bond acceptors (Lipinski definition) is 4. The number of rotatable bonds is 4. The molecule has 0 bridgehead atoms. The number of carbonyl (C=O) groups excluding carboxylic acids is 1. The second-order valence-electron chi connectivity index (χ2n) is 5.99. The molecule has 2 aromatic carbocycles. The topological polar surface area (TPSA) is 55.1 Å². The maximum Gasteiger partial charge on any atom is 0.261 e. The molecule has 0 unspecified atom stereocenters. The fourth-order valence-corrected chi connectivity index (χ4v) is 3.69. The van der Waals surface area contributed by atoms with Crippen molar-refractivity contribution in [3.05, 3.63) is 82.3 Å². The molecule has 0 saturated heterocycles. The van der Waals surface area contributed by atoms with Crippen LogP contribution in [0.2, 0.25) is 0 Å². The summed E-state index contributed by atoms with van der Waals surface area (Å²) < 4.78 is 18.5. The monoisotopic (exact) mass is 366 g/mol. The minimum atomic E-state index is -0.256. The Morgan fingerprint density at radius 1 is 1.23 bits per heavy atom. The highest BCUT2D eigenvalue weighted by Gasteiger charge is 2.16.